The average Bonchev–Trinajstić information content (AvgIpc) is 2.25. The van der Waals surface area contributed by atoms with Gasteiger partial charge in [0.15, 0.2) is 0 Å². The Balaban J connectivity index is 2.45. The molecule has 0 aliphatic heterocycles. The maximum atomic E-state index is 11.4. The Morgan fingerprint density at radius 3 is 2.82 bits per heavy atom. The number of nitrogens with one attached hydrogen (secondary N) is 1. The fraction of sp³-hybridized carbons (Fsp3) is 0.364. The number of pyridine rings is 1. The average molecular weight is 237 g/mol. The normalized spacial score (nSPS) is 11.9. The molecule has 0 radical (unpaired) electrons. The molecule has 0 bridgehead atoms. The number of carboxylic acid groups (broad SMARTS) is 1. The molecule has 1 aromatic heterocycles. The number of nitrogens with two attached hydrogens (primary N) is 1. The van der Waals surface area contributed by atoms with Crippen LogP contribution in [-0.4, -0.2) is 28.0 Å². The minimum Gasteiger partial charge on any atom is -0.481 e. The summed E-state index contributed by atoms with van der Waals surface area (Å²) in [6.07, 6.45) is -0.382. The highest BCUT2D eigenvalue weighted by molar-refractivity contribution is 5.85. The predicted molar refractivity (Wildman–Crippen MR) is 61.0 cm³/mol. The van der Waals surface area contributed by atoms with Crippen LogP contribution in [-0.2, 0) is 16.1 Å². The topological polar surface area (TPSA) is 105 Å². The lowest BCUT2D eigenvalue weighted by Crippen LogP contribution is -2.41. The number of carbonyl (C=O) groups excluding carboxylic acids is 1. The lowest BCUT2D eigenvalue weighted by atomic mass is 10.2. The van der Waals surface area contributed by atoms with E-state index in [0.717, 1.165) is 5.69 Å². The second-order valence-electron chi connectivity index (χ2n) is 3.69. The monoisotopic (exact) mass is 237 g/mol. The molecule has 1 amide bonds. The van der Waals surface area contributed by atoms with Gasteiger partial charge in [-0.1, -0.05) is 6.07 Å². The molecule has 0 saturated carbocycles. The number of hydrogen-bond acceptors (Lipinski definition) is 4. The molecule has 0 aromatic carbocycles. The molecular formula is C11H15N3O3. The van der Waals surface area contributed by atoms with Crippen LogP contribution in [0.15, 0.2) is 18.2 Å². The van der Waals surface area contributed by atoms with Gasteiger partial charge in [-0.05, 0) is 19.1 Å². The minimum atomic E-state index is -1.10. The molecule has 0 spiro atoms. The first-order valence-electron chi connectivity index (χ1n) is 5.16. The van der Waals surface area contributed by atoms with E-state index in [-0.39, 0.29) is 13.0 Å². The Morgan fingerprint density at radius 1 is 1.53 bits per heavy atom. The number of carbonyl (C=O) groups is 2. The van der Waals surface area contributed by atoms with Gasteiger partial charge in [-0.2, -0.15) is 0 Å². The highest BCUT2D eigenvalue weighted by Gasteiger charge is 2.16. The summed E-state index contributed by atoms with van der Waals surface area (Å²) < 4.78 is 0. The van der Waals surface area contributed by atoms with Crippen LogP contribution in [0, 0.1) is 6.92 Å². The van der Waals surface area contributed by atoms with Gasteiger partial charge in [-0.15, -0.1) is 0 Å². The third kappa shape index (κ3) is 4.60. The number of nitrogens with zero attached hydrogens (tertiary/aromatic N) is 1. The maximum Gasteiger partial charge on any atom is 0.305 e. The van der Waals surface area contributed by atoms with E-state index in [1.165, 1.54) is 0 Å². The predicted octanol–water partition coefficient (Wildman–Crippen LogP) is -0.192. The van der Waals surface area contributed by atoms with E-state index in [1.807, 2.05) is 19.1 Å². The zero-order valence-electron chi connectivity index (χ0n) is 9.51. The van der Waals surface area contributed by atoms with Crippen LogP contribution < -0.4 is 11.1 Å². The van der Waals surface area contributed by atoms with Crippen molar-refractivity contribution in [2.24, 2.45) is 5.73 Å². The third-order valence-electron chi connectivity index (χ3n) is 2.12. The van der Waals surface area contributed by atoms with Crippen LogP contribution >= 0.6 is 0 Å². The van der Waals surface area contributed by atoms with Crippen LogP contribution in [0.4, 0.5) is 0 Å². The van der Waals surface area contributed by atoms with E-state index in [9.17, 15) is 9.59 Å². The van der Waals surface area contributed by atoms with Gasteiger partial charge >= 0.3 is 5.97 Å². The number of amides is 1. The lowest BCUT2D eigenvalue weighted by molar-refractivity contribution is -0.139. The second kappa shape index (κ2) is 5.95. The zero-order valence-corrected chi connectivity index (χ0v) is 9.51. The highest BCUT2D eigenvalue weighted by atomic mass is 16.4. The minimum absolute atomic E-state index is 0.244. The summed E-state index contributed by atoms with van der Waals surface area (Å²) in [5.74, 6) is -1.59. The Morgan fingerprint density at radius 2 is 2.24 bits per heavy atom. The van der Waals surface area contributed by atoms with Crippen molar-refractivity contribution in [2.45, 2.75) is 25.9 Å². The first kappa shape index (κ1) is 13.1. The first-order valence-corrected chi connectivity index (χ1v) is 5.16. The van der Waals surface area contributed by atoms with Gasteiger partial charge in [-0.25, -0.2) is 0 Å². The number of carboxylic acids is 1. The summed E-state index contributed by atoms with van der Waals surface area (Å²) >= 11 is 0. The smallest absolute Gasteiger partial charge is 0.305 e. The van der Waals surface area contributed by atoms with E-state index < -0.39 is 17.9 Å². The van der Waals surface area contributed by atoms with Gasteiger partial charge in [-0.3, -0.25) is 14.6 Å². The second-order valence-corrected chi connectivity index (χ2v) is 3.69. The zero-order chi connectivity index (χ0) is 12.8. The van der Waals surface area contributed by atoms with E-state index in [2.05, 4.69) is 10.3 Å². The molecule has 1 heterocycles. The summed E-state index contributed by atoms with van der Waals surface area (Å²) in [6.45, 7) is 2.09. The van der Waals surface area contributed by atoms with Crippen LogP contribution in [0.25, 0.3) is 0 Å². The maximum absolute atomic E-state index is 11.4. The first-order chi connectivity index (χ1) is 7.99. The molecule has 1 aromatic rings. The largest absolute Gasteiger partial charge is 0.481 e. The van der Waals surface area contributed by atoms with Crippen molar-refractivity contribution in [3.8, 4) is 0 Å². The van der Waals surface area contributed by atoms with Crippen LogP contribution in [0.2, 0.25) is 0 Å². The molecule has 1 unspecified atom stereocenters. The fourth-order valence-corrected chi connectivity index (χ4v) is 1.29. The van der Waals surface area contributed by atoms with Crippen LogP contribution in [0.1, 0.15) is 17.8 Å². The number of aliphatic carboxylic acids is 1. The van der Waals surface area contributed by atoms with Gasteiger partial charge < -0.3 is 16.2 Å². The van der Waals surface area contributed by atoms with Crippen molar-refractivity contribution in [2.75, 3.05) is 0 Å². The van der Waals surface area contributed by atoms with Gasteiger partial charge in [0, 0.05) is 5.69 Å². The summed E-state index contributed by atoms with van der Waals surface area (Å²) in [5, 5.41) is 11.0. The van der Waals surface area contributed by atoms with Crippen molar-refractivity contribution >= 4 is 11.9 Å². The quantitative estimate of drug-likeness (QED) is 0.658. The molecule has 0 aliphatic rings. The summed E-state index contributed by atoms with van der Waals surface area (Å²) in [5.41, 5.74) is 6.96. The van der Waals surface area contributed by atoms with Gasteiger partial charge in [0.2, 0.25) is 5.91 Å². The molecule has 0 saturated heterocycles. The van der Waals surface area contributed by atoms with Crippen LogP contribution in [0.5, 0.6) is 0 Å². The van der Waals surface area contributed by atoms with E-state index in [1.54, 1.807) is 6.07 Å². The van der Waals surface area contributed by atoms with Crippen molar-refractivity contribution < 1.29 is 14.7 Å². The molecule has 0 fully saturated rings. The van der Waals surface area contributed by atoms with Gasteiger partial charge in [0.1, 0.15) is 0 Å². The molecule has 4 N–H and O–H groups in total. The Hall–Kier alpha value is -1.95. The molecule has 92 valence electrons. The van der Waals surface area contributed by atoms with E-state index >= 15 is 0 Å². The molecule has 6 heteroatoms. The van der Waals surface area contributed by atoms with Crippen LogP contribution in [0.3, 0.4) is 0 Å². The van der Waals surface area contributed by atoms with Crippen molar-refractivity contribution in [3.05, 3.63) is 29.6 Å². The standard InChI is InChI=1S/C11H15N3O3/c1-7-3-2-4-8(14-7)6-13-11(17)9(12)5-10(15)16/h2-4,9H,5-6,12H2,1H3,(H,13,17)(H,15,16). The van der Waals surface area contributed by atoms with Gasteiger partial charge in [0.25, 0.3) is 0 Å². The molecule has 1 rings (SSSR count). The molecule has 1 atom stereocenters. The van der Waals surface area contributed by atoms with Crippen molar-refractivity contribution in [1.82, 2.24) is 10.3 Å². The van der Waals surface area contributed by atoms with E-state index in [0.29, 0.717) is 5.69 Å². The Labute approximate surface area is 98.8 Å². The van der Waals surface area contributed by atoms with E-state index in [4.69, 9.17) is 10.8 Å². The Bertz CT molecular complexity index is 420. The number of aromatic nitrogens is 1. The molecular weight excluding hydrogens is 222 g/mol. The molecule has 0 aliphatic carbocycles. The van der Waals surface area contributed by atoms with Crippen molar-refractivity contribution in [1.29, 1.82) is 0 Å². The number of hydrogen-bond donors (Lipinski definition) is 3. The molecule has 6 nitrogen and oxygen atoms in total. The molecule has 17 heavy (non-hydrogen) atoms. The fourth-order valence-electron chi connectivity index (χ4n) is 1.29. The number of aryl methyl sites for hydroxylation is 1. The number of rotatable bonds is 5. The van der Waals surface area contributed by atoms with Crippen molar-refractivity contribution in [3.63, 3.8) is 0 Å². The SMILES string of the molecule is Cc1cccc(CNC(=O)C(N)CC(=O)O)n1. The van der Waals surface area contributed by atoms with Gasteiger partial charge in [0.05, 0.1) is 24.7 Å². The summed E-state index contributed by atoms with van der Waals surface area (Å²) in [6, 6.07) is 4.43. The summed E-state index contributed by atoms with van der Waals surface area (Å²) in [7, 11) is 0. The highest BCUT2D eigenvalue weighted by Crippen LogP contribution is 1.98. The lowest BCUT2D eigenvalue weighted by Gasteiger charge is -2.09. The Kier molecular flexibility index (Phi) is 4.59. The summed E-state index contributed by atoms with van der Waals surface area (Å²) in [4.78, 5) is 26.0. The third-order valence-corrected chi connectivity index (χ3v) is 2.12.